The molecule has 0 heterocycles. The predicted molar refractivity (Wildman–Crippen MR) is 74.8 cm³/mol. The van der Waals surface area contributed by atoms with E-state index in [1.54, 1.807) is 18.2 Å². The maximum Gasteiger partial charge on any atom is 0.0991 e. The largest absolute Gasteiger partial charge is 0.192 e. The van der Waals surface area contributed by atoms with Gasteiger partial charge >= 0.3 is 0 Å². The SMILES string of the molecule is C=C(N=[N+]=[N-])c1ccc(C#N)cc1-c1ccccc1. The van der Waals surface area contributed by atoms with Gasteiger partial charge in [-0.1, -0.05) is 48.1 Å². The van der Waals surface area contributed by atoms with Crippen molar-refractivity contribution in [2.45, 2.75) is 0 Å². The lowest BCUT2D eigenvalue weighted by atomic mass is 9.96. The summed E-state index contributed by atoms with van der Waals surface area (Å²) in [7, 11) is 0. The van der Waals surface area contributed by atoms with Gasteiger partial charge in [-0.2, -0.15) is 5.26 Å². The van der Waals surface area contributed by atoms with Crippen molar-refractivity contribution in [1.82, 2.24) is 0 Å². The number of azide groups is 1. The third-order valence-corrected chi connectivity index (χ3v) is 2.71. The Kier molecular flexibility index (Phi) is 3.63. The van der Waals surface area contributed by atoms with Crippen molar-refractivity contribution < 1.29 is 0 Å². The van der Waals surface area contributed by atoms with Crippen molar-refractivity contribution >= 4 is 5.70 Å². The van der Waals surface area contributed by atoms with Crippen molar-refractivity contribution in [3.05, 3.63) is 76.7 Å². The molecule has 0 fully saturated rings. The molecule has 0 aliphatic heterocycles. The number of benzene rings is 2. The van der Waals surface area contributed by atoms with Crippen molar-refractivity contribution in [2.24, 2.45) is 5.11 Å². The fourth-order valence-corrected chi connectivity index (χ4v) is 1.83. The molecule has 0 spiro atoms. The molecule has 0 atom stereocenters. The number of nitrogens with zero attached hydrogens (tertiary/aromatic N) is 4. The fourth-order valence-electron chi connectivity index (χ4n) is 1.83. The molecule has 2 aromatic carbocycles. The van der Waals surface area contributed by atoms with Crippen LogP contribution in [0.3, 0.4) is 0 Å². The molecule has 90 valence electrons. The molecule has 0 N–H and O–H groups in total. The highest BCUT2D eigenvalue weighted by Gasteiger charge is 2.08. The van der Waals surface area contributed by atoms with Crippen molar-refractivity contribution in [1.29, 1.82) is 5.26 Å². The third kappa shape index (κ3) is 2.63. The summed E-state index contributed by atoms with van der Waals surface area (Å²) in [5.74, 6) is 0. The highest BCUT2D eigenvalue weighted by Crippen LogP contribution is 2.29. The standard InChI is InChI=1S/C15H10N4/c1-11(18-19-17)14-8-7-12(10-16)9-15(14)13-5-3-2-4-6-13/h2-9H,1H2. The smallest absolute Gasteiger partial charge is 0.0991 e. The highest BCUT2D eigenvalue weighted by atomic mass is 15.1. The lowest BCUT2D eigenvalue weighted by Crippen LogP contribution is -1.88. The first-order chi connectivity index (χ1) is 9.26. The van der Waals surface area contributed by atoms with Gasteiger partial charge in [0, 0.05) is 10.6 Å². The number of rotatable bonds is 3. The Morgan fingerprint density at radius 1 is 1.21 bits per heavy atom. The average molecular weight is 246 g/mol. The zero-order valence-electron chi connectivity index (χ0n) is 10.1. The number of nitriles is 1. The van der Waals surface area contributed by atoms with Gasteiger partial charge < -0.3 is 0 Å². The van der Waals surface area contributed by atoms with Crippen LogP contribution in [-0.4, -0.2) is 0 Å². The van der Waals surface area contributed by atoms with Crippen molar-refractivity contribution in [3.8, 4) is 17.2 Å². The minimum atomic E-state index is 0.339. The highest BCUT2D eigenvalue weighted by molar-refractivity contribution is 5.81. The molecule has 4 nitrogen and oxygen atoms in total. The van der Waals surface area contributed by atoms with Crippen LogP contribution >= 0.6 is 0 Å². The van der Waals surface area contributed by atoms with Crippen molar-refractivity contribution in [2.75, 3.05) is 0 Å². The summed E-state index contributed by atoms with van der Waals surface area (Å²) in [5.41, 5.74) is 11.9. The van der Waals surface area contributed by atoms with Gasteiger partial charge in [0.25, 0.3) is 0 Å². The van der Waals surface area contributed by atoms with Crippen LogP contribution in [0, 0.1) is 11.3 Å². The summed E-state index contributed by atoms with van der Waals surface area (Å²) in [6.07, 6.45) is 0. The second kappa shape index (κ2) is 5.54. The molecule has 4 heteroatoms. The summed E-state index contributed by atoms with van der Waals surface area (Å²) in [4.78, 5) is 2.75. The van der Waals surface area contributed by atoms with E-state index in [-0.39, 0.29) is 0 Å². The topological polar surface area (TPSA) is 72.6 Å². The van der Waals surface area contributed by atoms with Gasteiger partial charge in [-0.15, -0.1) is 0 Å². The first-order valence-corrected chi connectivity index (χ1v) is 5.60. The molecule has 0 bridgehead atoms. The lowest BCUT2D eigenvalue weighted by Gasteiger charge is -2.09. The first kappa shape index (κ1) is 12.4. The molecule has 0 amide bonds. The van der Waals surface area contributed by atoms with E-state index >= 15 is 0 Å². The van der Waals surface area contributed by atoms with Crippen LogP contribution in [0.1, 0.15) is 11.1 Å². The molecular weight excluding hydrogens is 236 g/mol. The Labute approximate surface area is 110 Å². The summed E-state index contributed by atoms with van der Waals surface area (Å²) >= 11 is 0. The minimum absolute atomic E-state index is 0.339. The van der Waals surface area contributed by atoms with Crippen LogP contribution in [0.5, 0.6) is 0 Å². The minimum Gasteiger partial charge on any atom is -0.192 e. The maximum absolute atomic E-state index is 8.99. The zero-order chi connectivity index (χ0) is 13.7. The van der Waals surface area contributed by atoms with Gasteiger partial charge in [-0.3, -0.25) is 0 Å². The summed E-state index contributed by atoms with van der Waals surface area (Å²) in [5, 5.41) is 12.5. The van der Waals surface area contributed by atoms with E-state index in [1.165, 1.54) is 0 Å². The molecule has 0 aromatic heterocycles. The third-order valence-electron chi connectivity index (χ3n) is 2.71. The Hall–Kier alpha value is -3.02. The molecule has 19 heavy (non-hydrogen) atoms. The monoisotopic (exact) mass is 246 g/mol. The van der Waals surface area contributed by atoms with E-state index in [0.29, 0.717) is 11.3 Å². The van der Waals surface area contributed by atoms with Crippen LogP contribution in [0.15, 0.2) is 60.2 Å². The van der Waals surface area contributed by atoms with E-state index in [1.807, 2.05) is 30.3 Å². The predicted octanol–water partition coefficient (Wildman–Crippen LogP) is 4.51. The first-order valence-electron chi connectivity index (χ1n) is 5.60. The molecule has 0 saturated heterocycles. The molecule has 0 aliphatic rings. The van der Waals surface area contributed by atoms with Crippen LogP contribution in [0.2, 0.25) is 0 Å². The van der Waals surface area contributed by atoms with Crippen LogP contribution in [0.4, 0.5) is 0 Å². The maximum atomic E-state index is 8.99. The van der Waals surface area contributed by atoms with Gasteiger partial charge in [0.05, 0.1) is 11.6 Å². The molecule has 2 rings (SSSR count). The lowest BCUT2D eigenvalue weighted by molar-refractivity contribution is 1.44. The van der Waals surface area contributed by atoms with Gasteiger partial charge in [0.15, 0.2) is 0 Å². The van der Waals surface area contributed by atoms with Gasteiger partial charge in [0.1, 0.15) is 0 Å². The fraction of sp³-hybridized carbons (Fsp3) is 0. The Morgan fingerprint density at radius 3 is 2.58 bits per heavy atom. The van der Waals surface area contributed by atoms with Gasteiger partial charge in [-0.25, -0.2) is 0 Å². The Morgan fingerprint density at radius 2 is 1.95 bits per heavy atom. The van der Waals surface area contributed by atoms with E-state index in [9.17, 15) is 0 Å². The Bertz CT molecular complexity index is 705. The van der Waals surface area contributed by atoms with Crippen LogP contribution in [0.25, 0.3) is 27.3 Å². The molecule has 0 unspecified atom stereocenters. The quantitative estimate of drug-likeness (QED) is 0.446. The average Bonchev–Trinajstić information content (AvgIpc) is 2.47. The van der Waals surface area contributed by atoms with E-state index in [2.05, 4.69) is 22.7 Å². The second-order valence-electron chi connectivity index (χ2n) is 3.87. The normalized spacial score (nSPS) is 9.21. The summed E-state index contributed by atoms with van der Waals surface area (Å²) < 4.78 is 0. The Balaban J connectivity index is 2.66. The summed E-state index contributed by atoms with van der Waals surface area (Å²) in [6, 6.07) is 16.9. The zero-order valence-corrected chi connectivity index (χ0v) is 10.1. The van der Waals surface area contributed by atoms with E-state index in [4.69, 9.17) is 10.8 Å². The van der Waals surface area contributed by atoms with Crippen LogP contribution < -0.4 is 0 Å². The van der Waals surface area contributed by atoms with Gasteiger partial charge in [0.2, 0.25) is 0 Å². The van der Waals surface area contributed by atoms with Crippen LogP contribution in [-0.2, 0) is 0 Å². The molecular formula is C15H10N4. The number of hydrogen-bond acceptors (Lipinski definition) is 2. The van der Waals surface area contributed by atoms with Gasteiger partial charge in [-0.05, 0) is 34.4 Å². The molecule has 0 saturated carbocycles. The van der Waals surface area contributed by atoms with E-state index in [0.717, 1.165) is 16.7 Å². The number of hydrogen-bond donors (Lipinski definition) is 0. The van der Waals surface area contributed by atoms with Crippen molar-refractivity contribution in [3.63, 3.8) is 0 Å². The molecule has 2 aromatic rings. The van der Waals surface area contributed by atoms with E-state index < -0.39 is 0 Å². The second-order valence-corrected chi connectivity index (χ2v) is 3.87. The molecule has 0 aliphatic carbocycles. The summed E-state index contributed by atoms with van der Waals surface area (Å²) in [6.45, 7) is 3.75. The molecule has 0 radical (unpaired) electrons.